The van der Waals surface area contributed by atoms with Crippen molar-refractivity contribution in [3.63, 3.8) is 0 Å². The molecule has 1 aliphatic carbocycles. The Labute approximate surface area is 107 Å². The van der Waals surface area contributed by atoms with Crippen LogP contribution in [0.4, 0.5) is 0 Å². The largest absolute Gasteiger partial charge is 0.481 e. The molecule has 0 saturated heterocycles. The van der Waals surface area contributed by atoms with Crippen molar-refractivity contribution in [2.45, 2.75) is 33.6 Å². The van der Waals surface area contributed by atoms with E-state index in [1.54, 1.807) is 0 Å². The van der Waals surface area contributed by atoms with Crippen LogP contribution < -0.4 is 0 Å². The average molecular weight is 253 g/mol. The van der Waals surface area contributed by atoms with E-state index in [0.717, 1.165) is 18.6 Å². The fourth-order valence-electron chi connectivity index (χ4n) is 2.07. The van der Waals surface area contributed by atoms with Gasteiger partial charge in [-0.25, -0.2) is 0 Å². The number of nitriles is 1. The van der Waals surface area contributed by atoms with Crippen LogP contribution in [0.1, 0.15) is 33.6 Å². The van der Waals surface area contributed by atoms with Crippen LogP contribution in [-0.2, 0) is 4.79 Å². The molecule has 0 aromatic carbocycles. The summed E-state index contributed by atoms with van der Waals surface area (Å²) >= 11 is 1.54. The van der Waals surface area contributed by atoms with E-state index < -0.39 is 5.97 Å². The van der Waals surface area contributed by atoms with Crippen LogP contribution >= 0.6 is 11.8 Å². The fraction of sp³-hybridized carbons (Fsp3) is 0.692. The van der Waals surface area contributed by atoms with Crippen LogP contribution in [0.5, 0.6) is 0 Å². The van der Waals surface area contributed by atoms with Gasteiger partial charge in [0.2, 0.25) is 0 Å². The number of hydrogen-bond donors (Lipinski definition) is 1. The summed E-state index contributed by atoms with van der Waals surface area (Å²) in [7, 11) is 0. The fourth-order valence-corrected chi connectivity index (χ4v) is 3.03. The molecule has 3 nitrogen and oxygen atoms in total. The Morgan fingerprint density at radius 1 is 1.59 bits per heavy atom. The standard InChI is InChI=1S/C13H19NO2S/c1-4-5-6-17-9(8-14)7-10-11(12(15)16)13(10,2)3/h7,10-11H,4-6H2,1-3H3,(H,15,16)/t10-,11+/m0/s1. The Bertz CT molecular complexity index is 368. The van der Waals surface area contributed by atoms with E-state index >= 15 is 0 Å². The van der Waals surface area contributed by atoms with Gasteiger partial charge in [-0.1, -0.05) is 33.3 Å². The number of hydrogen-bond acceptors (Lipinski definition) is 3. The molecular weight excluding hydrogens is 234 g/mol. The SMILES string of the molecule is CCCCSC(C#N)=C[C@H]1[C@H](C(=O)O)C1(C)C. The minimum Gasteiger partial charge on any atom is -0.481 e. The summed E-state index contributed by atoms with van der Waals surface area (Å²) in [5, 5.41) is 18.1. The van der Waals surface area contributed by atoms with Crippen LogP contribution in [0.25, 0.3) is 0 Å². The molecule has 0 aromatic rings. The van der Waals surface area contributed by atoms with Gasteiger partial charge in [0.15, 0.2) is 0 Å². The van der Waals surface area contributed by atoms with Crippen molar-refractivity contribution in [1.82, 2.24) is 0 Å². The first-order chi connectivity index (χ1) is 7.95. The Hall–Kier alpha value is -0.950. The van der Waals surface area contributed by atoms with Gasteiger partial charge >= 0.3 is 5.97 Å². The third-order valence-corrected chi connectivity index (χ3v) is 4.40. The molecule has 0 unspecified atom stereocenters. The van der Waals surface area contributed by atoms with Crippen molar-refractivity contribution < 1.29 is 9.90 Å². The molecule has 2 atom stereocenters. The first-order valence-electron chi connectivity index (χ1n) is 5.92. The van der Waals surface area contributed by atoms with E-state index in [9.17, 15) is 4.79 Å². The Kier molecular flexibility index (Phi) is 4.64. The first kappa shape index (κ1) is 14.1. The molecule has 1 saturated carbocycles. The minimum atomic E-state index is -0.757. The van der Waals surface area contributed by atoms with Crippen LogP contribution in [0.15, 0.2) is 11.0 Å². The summed E-state index contributed by atoms with van der Waals surface area (Å²) in [4.78, 5) is 11.7. The molecule has 1 fully saturated rings. The van der Waals surface area contributed by atoms with Crippen molar-refractivity contribution in [3.8, 4) is 6.07 Å². The smallest absolute Gasteiger partial charge is 0.307 e. The van der Waals surface area contributed by atoms with Gasteiger partial charge in [-0.05, 0) is 23.5 Å². The maximum Gasteiger partial charge on any atom is 0.307 e. The van der Waals surface area contributed by atoms with Crippen LogP contribution in [0.2, 0.25) is 0 Å². The molecule has 0 aliphatic heterocycles. The molecule has 0 radical (unpaired) electrons. The second kappa shape index (κ2) is 5.59. The van der Waals surface area contributed by atoms with Gasteiger partial charge in [0.25, 0.3) is 0 Å². The summed E-state index contributed by atoms with van der Waals surface area (Å²) in [5.41, 5.74) is -0.209. The highest BCUT2D eigenvalue weighted by molar-refractivity contribution is 8.03. The van der Waals surface area contributed by atoms with E-state index in [1.165, 1.54) is 11.8 Å². The lowest BCUT2D eigenvalue weighted by Gasteiger charge is -1.99. The predicted octanol–water partition coefficient (Wildman–Crippen LogP) is 3.28. The maximum absolute atomic E-state index is 11.0. The van der Waals surface area contributed by atoms with Gasteiger partial charge in [0.1, 0.15) is 6.07 Å². The van der Waals surface area contributed by atoms with E-state index in [1.807, 2.05) is 19.9 Å². The molecule has 0 heterocycles. The number of carbonyl (C=O) groups is 1. The molecule has 1 aliphatic rings. The molecule has 0 aromatic heterocycles. The van der Waals surface area contributed by atoms with E-state index in [2.05, 4.69) is 13.0 Å². The number of carboxylic acid groups (broad SMARTS) is 1. The predicted molar refractivity (Wildman–Crippen MR) is 69.5 cm³/mol. The molecule has 17 heavy (non-hydrogen) atoms. The van der Waals surface area contributed by atoms with Gasteiger partial charge in [-0.15, -0.1) is 11.8 Å². The van der Waals surface area contributed by atoms with Crippen molar-refractivity contribution in [1.29, 1.82) is 5.26 Å². The highest BCUT2D eigenvalue weighted by Crippen LogP contribution is 2.59. The molecule has 0 bridgehead atoms. The zero-order chi connectivity index (χ0) is 13.1. The van der Waals surface area contributed by atoms with E-state index in [4.69, 9.17) is 10.4 Å². The maximum atomic E-state index is 11.0. The number of rotatable bonds is 6. The van der Waals surface area contributed by atoms with Crippen LogP contribution in [0, 0.1) is 28.6 Å². The topological polar surface area (TPSA) is 61.1 Å². The monoisotopic (exact) mass is 253 g/mol. The second-order valence-corrected chi connectivity index (χ2v) is 6.14. The molecule has 0 spiro atoms. The average Bonchev–Trinajstić information content (AvgIpc) is 2.79. The quantitative estimate of drug-likeness (QED) is 0.583. The van der Waals surface area contributed by atoms with Crippen molar-refractivity contribution in [2.24, 2.45) is 17.3 Å². The van der Waals surface area contributed by atoms with Gasteiger partial charge in [0.05, 0.1) is 10.8 Å². The molecular formula is C13H19NO2S. The van der Waals surface area contributed by atoms with Crippen molar-refractivity contribution >= 4 is 17.7 Å². The summed E-state index contributed by atoms with van der Waals surface area (Å²) in [6.45, 7) is 6.00. The number of aliphatic carboxylic acids is 1. The van der Waals surface area contributed by atoms with Crippen LogP contribution in [0.3, 0.4) is 0 Å². The van der Waals surface area contributed by atoms with Crippen molar-refractivity contribution in [3.05, 3.63) is 11.0 Å². The molecule has 94 valence electrons. The third-order valence-electron chi connectivity index (χ3n) is 3.37. The highest BCUT2D eigenvalue weighted by atomic mass is 32.2. The van der Waals surface area contributed by atoms with Gasteiger partial charge < -0.3 is 5.11 Å². The summed E-state index contributed by atoms with van der Waals surface area (Å²) < 4.78 is 0. The zero-order valence-corrected chi connectivity index (χ0v) is 11.4. The number of carboxylic acids is 1. The first-order valence-corrected chi connectivity index (χ1v) is 6.91. The summed E-state index contributed by atoms with van der Waals surface area (Å²) in [5.74, 6) is -0.158. The molecule has 1 rings (SSSR count). The van der Waals surface area contributed by atoms with Crippen LogP contribution in [-0.4, -0.2) is 16.8 Å². The summed E-state index contributed by atoms with van der Waals surface area (Å²) in [6.07, 6.45) is 4.04. The van der Waals surface area contributed by atoms with Gasteiger partial charge in [-0.2, -0.15) is 5.26 Å². The van der Waals surface area contributed by atoms with E-state index in [0.29, 0.717) is 4.91 Å². The van der Waals surface area contributed by atoms with E-state index in [-0.39, 0.29) is 17.3 Å². The second-order valence-electron chi connectivity index (χ2n) is 5.01. The highest BCUT2D eigenvalue weighted by Gasteiger charge is 2.61. The minimum absolute atomic E-state index is 0.00350. The van der Waals surface area contributed by atoms with Gasteiger partial charge in [0, 0.05) is 0 Å². The number of allylic oxidation sites excluding steroid dienone is 2. The van der Waals surface area contributed by atoms with Crippen molar-refractivity contribution in [2.75, 3.05) is 5.75 Å². The number of thioether (sulfide) groups is 1. The normalized spacial score (nSPS) is 26.4. The molecule has 0 amide bonds. The number of nitrogens with zero attached hydrogens (tertiary/aromatic N) is 1. The van der Waals surface area contributed by atoms with Gasteiger partial charge in [-0.3, -0.25) is 4.79 Å². The summed E-state index contributed by atoms with van der Waals surface area (Å²) in [6, 6.07) is 2.16. The lowest BCUT2D eigenvalue weighted by atomic mass is 10.1. The Morgan fingerprint density at radius 3 is 2.65 bits per heavy atom. The zero-order valence-electron chi connectivity index (χ0n) is 10.6. The third kappa shape index (κ3) is 3.26. The Morgan fingerprint density at radius 2 is 2.24 bits per heavy atom. The lowest BCUT2D eigenvalue weighted by molar-refractivity contribution is -0.139. The molecule has 1 N–H and O–H groups in total. The number of unbranched alkanes of at least 4 members (excludes halogenated alkanes) is 1. The Balaban J connectivity index is 2.62. The lowest BCUT2D eigenvalue weighted by Crippen LogP contribution is -2.03. The molecule has 4 heteroatoms.